The molecule has 0 spiro atoms. The van der Waals surface area contributed by atoms with Gasteiger partial charge in [-0.25, -0.2) is 17.6 Å². The predicted molar refractivity (Wildman–Crippen MR) is 131 cm³/mol. The zero-order valence-electron chi connectivity index (χ0n) is 19.0. The highest BCUT2D eigenvalue weighted by molar-refractivity contribution is 7.93. The van der Waals surface area contributed by atoms with Crippen LogP contribution < -0.4 is 19.1 Å². The molecule has 0 radical (unpaired) electrons. The van der Waals surface area contributed by atoms with Crippen molar-refractivity contribution in [2.45, 2.75) is 11.3 Å². The van der Waals surface area contributed by atoms with Crippen LogP contribution in [0, 0.1) is 5.82 Å². The summed E-state index contributed by atoms with van der Waals surface area (Å²) in [4.78, 5) is 23.9. The number of carboxylic acids is 1. The summed E-state index contributed by atoms with van der Waals surface area (Å²) in [5.41, 5.74) is 0.373. The van der Waals surface area contributed by atoms with Crippen LogP contribution in [0.4, 0.5) is 15.8 Å². The number of amides is 1. The molecule has 9 nitrogen and oxygen atoms in total. The maximum absolute atomic E-state index is 14.0. The Hall–Kier alpha value is -3.83. The Bertz CT molecular complexity index is 1490. The van der Waals surface area contributed by atoms with Gasteiger partial charge in [-0.15, -0.1) is 0 Å². The van der Waals surface area contributed by atoms with Gasteiger partial charge in [0.05, 0.1) is 25.5 Å². The van der Waals surface area contributed by atoms with E-state index in [1.54, 1.807) is 0 Å². The van der Waals surface area contributed by atoms with E-state index in [2.05, 4.69) is 5.32 Å². The van der Waals surface area contributed by atoms with Gasteiger partial charge in [0.15, 0.2) is 0 Å². The van der Waals surface area contributed by atoms with Crippen molar-refractivity contribution in [3.05, 3.63) is 76.1 Å². The number of methoxy groups -OCH3 is 2. The molecule has 1 aliphatic heterocycles. The summed E-state index contributed by atoms with van der Waals surface area (Å²) >= 11 is 6.05. The van der Waals surface area contributed by atoms with Crippen molar-refractivity contribution < 1.29 is 37.0 Å². The lowest BCUT2D eigenvalue weighted by molar-refractivity contribution is 0.0691. The van der Waals surface area contributed by atoms with Gasteiger partial charge in [0.1, 0.15) is 22.2 Å². The zero-order chi connectivity index (χ0) is 26.2. The minimum atomic E-state index is -4.13. The van der Waals surface area contributed by atoms with E-state index in [4.69, 9.17) is 26.2 Å². The molecular formula is C24H20ClFN2O7S. The van der Waals surface area contributed by atoms with Gasteiger partial charge in [-0.2, -0.15) is 0 Å². The molecule has 1 amide bonds. The molecule has 0 aliphatic carbocycles. The van der Waals surface area contributed by atoms with E-state index in [1.807, 2.05) is 0 Å². The second kappa shape index (κ2) is 9.67. The minimum Gasteiger partial charge on any atom is -0.496 e. The molecule has 0 bridgehead atoms. The monoisotopic (exact) mass is 534 g/mol. The second-order valence-corrected chi connectivity index (χ2v) is 10.0. The lowest BCUT2D eigenvalue weighted by atomic mass is 10.1. The number of rotatable bonds is 7. The van der Waals surface area contributed by atoms with Gasteiger partial charge in [0, 0.05) is 28.4 Å². The van der Waals surface area contributed by atoms with Crippen LogP contribution in [0.1, 0.15) is 26.3 Å². The number of anilines is 2. The number of carbonyl (C=O) groups is 2. The second-order valence-electron chi connectivity index (χ2n) is 7.75. The molecule has 2 N–H and O–H groups in total. The summed E-state index contributed by atoms with van der Waals surface area (Å²) in [7, 11) is -1.39. The summed E-state index contributed by atoms with van der Waals surface area (Å²) in [6.07, 6.45) is 0.338. The number of hydrogen-bond acceptors (Lipinski definition) is 6. The number of benzene rings is 3. The minimum absolute atomic E-state index is 0.0232. The first-order valence-corrected chi connectivity index (χ1v) is 12.3. The van der Waals surface area contributed by atoms with Crippen LogP contribution in [-0.4, -0.2) is 46.2 Å². The molecule has 0 atom stereocenters. The summed E-state index contributed by atoms with van der Waals surface area (Å²) < 4.78 is 53.0. The smallest absolute Gasteiger partial charge is 0.338 e. The third-order valence-electron chi connectivity index (χ3n) is 5.65. The highest BCUT2D eigenvalue weighted by Gasteiger charge is 2.35. The van der Waals surface area contributed by atoms with Crippen LogP contribution in [0.15, 0.2) is 53.4 Å². The Labute approximate surface area is 211 Å². The number of aromatic carboxylic acids is 1. The fourth-order valence-electron chi connectivity index (χ4n) is 3.94. The molecule has 1 heterocycles. The highest BCUT2D eigenvalue weighted by atomic mass is 35.5. The number of nitrogens with zero attached hydrogens (tertiary/aromatic N) is 1. The van der Waals surface area contributed by atoms with E-state index in [1.165, 1.54) is 50.6 Å². The number of halogens is 2. The van der Waals surface area contributed by atoms with Crippen LogP contribution in [-0.2, 0) is 16.4 Å². The number of sulfonamides is 1. The SMILES string of the molecule is COc1ccc(Cl)cc1S(=O)(=O)N1CCc2c(OC)cc(C(=O)Nc3ccc(C(=O)O)c(F)c3)cc21. The van der Waals surface area contributed by atoms with Gasteiger partial charge in [-0.3, -0.25) is 9.10 Å². The highest BCUT2D eigenvalue weighted by Crippen LogP contribution is 2.41. The maximum Gasteiger partial charge on any atom is 0.338 e. The fraction of sp³-hybridized carbons (Fsp3) is 0.167. The number of fused-ring (bicyclic) bond motifs is 1. The Morgan fingerprint density at radius 3 is 2.42 bits per heavy atom. The normalized spacial score (nSPS) is 12.7. The van der Waals surface area contributed by atoms with Crippen molar-refractivity contribution >= 4 is 44.9 Å². The van der Waals surface area contributed by atoms with Crippen molar-refractivity contribution in [3.8, 4) is 11.5 Å². The maximum atomic E-state index is 14.0. The van der Waals surface area contributed by atoms with Crippen LogP contribution >= 0.6 is 11.6 Å². The molecule has 1 aliphatic rings. The molecule has 188 valence electrons. The lowest BCUT2D eigenvalue weighted by Crippen LogP contribution is -2.29. The Balaban J connectivity index is 1.73. The predicted octanol–water partition coefficient (Wildman–Crippen LogP) is 4.20. The molecule has 36 heavy (non-hydrogen) atoms. The third kappa shape index (κ3) is 4.54. The van der Waals surface area contributed by atoms with Gasteiger partial charge in [-0.05, 0) is 55.0 Å². The molecule has 3 aromatic rings. The van der Waals surface area contributed by atoms with Gasteiger partial charge < -0.3 is 19.9 Å². The van der Waals surface area contributed by atoms with Gasteiger partial charge in [-0.1, -0.05) is 11.6 Å². The number of nitrogens with one attached hydrogen (secondary N) is 1. The first kappa shape index (κ1) is 25.3. The zero-order valence-corrected chi connectivity index (χ0v) is 20.6. The largest absolute Gasteiger partial charge is 0.496 e. The van der Waals surface area contributed by atoms with E-state index >= 15 is 0 Å². The van der Waals surface area contributed by atoms with Gasteiger partial charge in [0.2, 0.25) is 0 Å². The first-order chi connectivity index (χ1) is 17.1. The molecule has 0 fully saturated rings. The molecule has 0 saturated carbocycles. The van der Waals surface area contributed by atoms with E-state index in [0.29, 0.717) is 17.7 Å². The van der Waals surface area contributed by atoms with E-state index in [9.17, 15) is 22.4 Å². The quantitative estimate of drug-likeness (QED) is 0.466. The summed E-state index contributed by atoms with van der Waals surface area (Å²) in [6.45, 7) is 0.0939. The number of carbonyl (C=O) groups excluding carboxylic acids is 1. The summed E-state index contributed by atoms with van der Waals surface area (Å²) in [5.74, 6) is -2.71. The molecular weight excluding hydrogens is 515 g/mol. The Kier molecular flexibility index (Phi) is 6.79. The number of ether oxygens (including phenoxy) is 2. The van der Waals surface area contributed by atoms with Crippen LogP contribution in [0.5, 0.6) is 11.5 Å². The van der Waals surface area contributed by atoms with Crippen molar-refractivity contribution in [1.82, 2.24) is 0 Å². The van der Waals surface area contributed by atoms with Crippen molar-refractivity contribution in [3.63, 3.8) is 0 Å². The van der Waals surface area contributed by atoms with Gasteiger partial charge >= 0.3 is 5.97 Å². The van der Waals surface area contributed by atoms with E-state index in [-0.39, 0.29) is 39.2 Å². The fourth-order valence-corrected chi connectivity index (χ4v) is 5.85. The van der Waals surface area contributed by atoms with Gasteiger partial charge in [0.25, 0.3) is 15.9 Å². The van der Waals surface area contributed by atoms with Crippen molar-refractivity contribution in [1.29, 1.82) is 0 Å². The first-order valence-electron chi connectivity index (χ1n) is 10.5. The topological polar surface area (TPSA) is 122 Å². The third-order valence-corrected chi connectivity index (χ3v) is 7.72. The van der Waals surface area contributed by atoms with Crippen LogP contribution in [0.2, 0.25) is 5.02 Å². The molecule has 0 unspecified atom stereocenters. The van der Waals surface area contributed by atoms with E-state index in [0.717, 1.165) is 16.4 Å². The molecule has 12 heteroatoms. The number of hydrogen-bond donors (Lipinski definition) is 2. The molecule has 3 aromatic carbocycles. The van der Waals surface area contributed by atoms with Crippen molar-refractivity contribution in [2.24, 2.45) is 0 Å². The Morgan fingerprint density at radius 2 is 1.78 bits per heavy atom. The van der Waals surface area contributed by atoms with Crippen LogP contribution in [0.25, 0.3) is 0 Å². The molecule has 4 rings (SSSR count). The van der Waals surface area contributed by atoms with Crippen molar-refractivity contribution in [2.75, 3.05) is 30.4 Å². The summed E-state index contributed by atoms with van der Waals surface area (Å²) in [5, 5.41) is 11.7. The summed E-state index contributed by atoms with van der Waals surface area (Å²) in [6, 6.07) is 10.3. The standard InChI is InChI=1S/C24H20ClFN2O7S/c1-34-20-6-3-14(25)11-22(20)36(32,33)28-8-7-17-19(28)9-13(10-21(17)35-2)23(29)27-15-4-5-16(24(30)31)18(26)12-15/h3-6,9-12H,7-8H2,1-2H3,(H,27,29)(H,30,31). The van der Waals surface area contributed by atoms with E-state index < -0.39 is 33.3 Å². The average molecular weight is 535 g/mol. The Morgan fingerprint density at radius 1 is 1.06 bits per heavy atom. The number of carboxylic acid groups (broad SMARTS) is 1. The average Bonchev–Trinajstić information content (AvgIpc) is 3.28. The van der Waals surface area contributed by atoms with Crippen LogP contribution in [0.3, 0.4) is 0 Å². The molecule has 0 aromatic heterocycles. The lowest BCUT2D eigenvalue weighted by Gasteiger charge is -2.22. The molecule has 0 saturated heterocycles.